The van der Waals surface area contributed by atoms with Gasteiger partial charge in [0.25, 0.3) is 0 Å². The van der Waals surface area contributed by atoms with Gasteiger partial charge >= 0.3 is 0 Å². The number of anilines is 1. The summed E-state index contributed by atoms with van der Waals surface area (Å²) in [6.07, 6.45) is 2.37. The van der Waals surface area contributed by atoms with E-state index in [2.05, 4.69) is 40.4 Å². The van der Waals surface area contributed by atoms with E-state index in [9.17, 15) is 0 Å². The number of para-hydroxylation sites is 2. The molecule has 3 heteroatoms. The number of aromatic nitrogens is 1. The van der Waals surface area contributed by atoms with E-state index in [0.29, 0.717) is 0 Å². The van der Waals surface area contributed by atoms with E-state index < -0.39 is 0 Å². The summed E-state index contributed by atoms with van der Waals surface area (Å²) in [6, 6.07) is 16.7. The van der Waals surface area contributed by atoms with E-state index in [1.54, 1.807) is 0 Å². The third-order valence-corrected chi connectivity index (χ3v) is 4.00. The molecule has 2 heterocycles. The molecule has 2 aromatic carbocycles. The zero-order chi connectivity index (χ0) is 13.4. The molecule has 0 aliphatic carbocycles. The van der Waals surface area contributed by atoms with Crippen LogP contribution in [0, 0.1) is 0 Å². The van der Waals surface area contributed by atoms with Gasteiger partial charge in [-0.1, -0.05) is 35.5 Å². The van der Waals surface area contributed by atoms with Crippen molar-refractivity contribution >= 4 is 16.7 Å². The average Bonchev–Trinajstić information content (AvgIpc) is 2.91. The first-order valence-corrected chi connectivity index (χ1v) is 7.08. The molecule has 0 radical (unpaired) electrons. The smallest absolute Gasteiger partial charge is 0.167 e. The van der Waals surface area contributed by atoms with Crippen molar-refractivity contribution in [2.24, 2.45) is 0 Å². The maximum Gasteiger partial charge on any atom is 0.167 e. The highest BCUT2D eigenvalue weighted by Gasteiger charge is 2.18. The van der Waals surface area contributed by atoms with E-state index in [-0.39, 0.29) is 0 Å². The predicted molar refractivity (Wildman–Crippen MR) is 79.8 cm³/mol. The minimum atomic E-state index is 0.814. The van der Waals surface area contributed by atoms with Gasteiger partial charge in [-0.2, -0.15) is 0 Å². The highest BCUT2D eigenvalue weighted by Crippen LogP contribution is 2.29. The number of benzene rings is 2. The predicted octanol–water partition coefficient (Wildman–Crippen LogP) is 3.78. The Bertz CT molecular complexity index is 747. The fourth-order valence-electron chi connectivity index (χ4n) is 3.01. The normalized spacial score (nSPS) is 14.5. The Morgan fingerprint density at radius 2 is 1.90 bits per heavy atom. The van der Waals surface area contributed by atoms with Gasteiger partial charge in [0, 0.05) is 17.6 Å². The minimum absolute atomic E-state index is 0.814. The molecule has 0 atom stereocenters. The van der Waals surface area contributed by atoms with Crippen LogP contribution in [0.15, 0.2) is 53.1 Å². The molecule has 1 aliphatic heterocycles. The van der Waals surface area contributed by atoms with Crippen LogP contribution in [-0.4, -0.2) is 11.7 Å². The molecule has 20 heavy (non-hydrogen) atoms. The molecule has 0 bridgehead atoms. The Kier molecular flexibility index (Phi) is 2.69. The van der Waals surface area contributed by atoms with Crippen molar-refractivity contribution in [3.8, 4) is 0 Å². The van der Waals surface area contributed by atoms with Gasteiger partial charge in [-0.3, -0.25) is 0 Å². The van der Waals surface area contributed by atoms with Gasteiger partial charge < -0.3 is 9.42 Å². The second kappa shape index (κ2) is 4.67. The maximum absolute atomic E-state index is 5.40. The molecule has 100 valence electrons. The molecule has 0 saturated heterocycles. The molecular formula is C17H16N2O. The van der Waals surface area contributed by atoms with Gasteiger partial charge in [0.2, 0.25) is 0 Å². The fraction of sp³-hybridized carbons (Fsp3) is 0.235. The van der Waals surface area contributed by atoms with E-state index in [1.807, 2.05) is 18.2 Å². The molecule has 1 aliphatic rings. The summed E-state index contributed by atoms with van der Waals surface area (Å²) in [5.74, 6) is 0. The lowest BCUT2D eigenvalue weighted by atomic mass is 10.0. The highest BCUT2D eigenvalue weighted by molar-refractivity contribution is 5.79. The Hall–Kier alpha value is -2.29. The largest absolute Gasteiger partial charge is 0.365 e. The highest BCUT2D eigenvalue weighted by atomic mass is 16.5. The number of rotatable bonds is 2. The Balaban J connectivity index is 1.70. The van der Waals surface area contributed by atoms with Crippen LogP contribution < -0.4 is 4.90 Å². The molecule has 1 aromatic heterocycles. The van der Waals surface area contributed by atoms with Crippen LogP contribution >= 0.6 is 0 Å². The van der Waals surface area contributed by atoms with Crippen molar-refractivity contribution < 1.29 is 4.52 Å². The van der Waals surface area contributed by atoms with Gasteiger partial charge in [-0.05, 0) is 36.6 Å². The third-order valence-electron chi connectivity index (χ3n) is 4.00. The summed E-state index contributed by atoms with van der Waals surface area (Å²) in [4.78, 5) is 2.41. The topological polar surface area (TPSA) is 29.3 Å². The summed E-state index contributed by atoms with van der Waals surface area (Å²) < 4.78 is 5.40. The molecule has 0 saturated carbocycles. The van der Waals surface area contributed by atoms with Crippen LogP contribution in [0.3, 0.4) is 0 Å². The van der Waals surface area contributed by atoms with Crippen LogP contribution in [0.25, 0.3) is 11.0 Å². The molecule has 0 amide bonds. The van der Waals surface area contributed by atoms with Crippen molar-refractivity contribution in [3.05, 3.63) is 59.8 Å². The zero-order valence-electron chi connectivity index (χ0n) is 11.2. The quantitative estimate of drug-likeness (QED) is 0.705. The second-order valence-corrected chi connectivity index (χ2v) is 5.28. The standard InChI is InChI=1S/C17H16N2O/c1-3-9-16-13(6-1)7-5-11-19(16)12-15-14-8-2-4-10-17(14)20-18-15/h1-4,6,8-10H,5,7,11-12H2. The Morgan fingerprint density at radius 3 is 2.90 bits per heavy atom. The summed E-state index contributed by atoms with van der Waals surface area (Å²) in [6.45, 7) is 1.90. The first kappa shape index (κ1) is 11.5. The van der Waals surface area contributed by atoms with Gasteiger partial charge in [0.1, 0.15) is 5.69 Å². The van der Waals surface area contributed by atoms with E-state index in [1.165, 1.54) is 24.1 Å². The number of hydrogen-bond donors (Lipinski definition) is 0. The van der Waals surface area contributed by atoms with Gasteiger partial charge in [-0.15, -0.1) is 0 Å². The van der Waals surface area contributed by atoms with Crippen molar-refractivity contribution in [2.45, 2.75) is 19.4 Å². The molecule has 0 N–H and O–H groups in total. The summed E-state index contributed by atoms with van der Waals surface area (Å²) in [5.41, 5.74) is 4.67. The summed E-state index contributed by atoms with van der Waals surface area (Å²) >= 11 is 0. The first-order chi connectivity index (χ1) is 9.92. The van der Waals surface area contributed by atoms with E-state index in [4.69, 9.17) is 4.52 Å². The van der Waals surface area contributed by atoms with Crippen LogP contribution in [0.5, 0.6) is 0 Å². The van der Waals surface area contributed by atoms with Crippen LogP contribution in [0.4, 0.5) is 5.69 Å². The van der Waals surface area contributed by atoms with Gasteiger partial charge in [-0.25, -0.2) is 0 Å². The van der Waals surface area contributed by atoms with E-state index in [0.717, 1.165) is 29.8 Å². The maximum atomic E-state index is 5.40. The number of nitrogens with zero attached hydrogens (tertiary/aromatic N) is 2. The minimum Gasteiger partial charge on any atom is -0.365 e. The van der Waals surface area contributed by atoms with Crippen molar-refractivity contribution in [1.29, 1.82) is 0 Å². The van der Waals surface area contributed by atoms with Crippen molar-refractivity contribution in [1.82, 2.24) is 5.16 Å². The SMILES string of the molecule is c1ccc2c(c1)CCCN2Cc1noc2ccccc12. The monoisotopic (exact) mass is 264 g/mol. The second-order valence-electron chi connectivity index (χ2n) is 5.28. The van der Waals surface area contributed by atoms with Crippen molar-refractivity contribution in [2.75, 3.05) is 11.4 Å². The van der Waals surface area contributed by atoms with Crippen LogP contribution in [0.2, 0.25) is 0 Å². The number of aryl methyl sites for hydroxylation is 1. The molecule has 4 rings (SSSR count). The zero-order valence-corrected chi connectivity index (χ0v) is 11.2. The van der Waals surface area contributed by atoms with Crippen molar-refractivity contribution in [3.63, 3.8) is 0 Å². The van der Waals surface area contributed by atoms with E-state index >= 15 is 0 Å². The molecule has 3 nitrogen and oxygen atoms in total. The molecule has 0 unspecified atom stereocenters. The lowest BCUT2D eigenvalue weighted by Crippen LogP contribution is -2.28. The molecule has 0 fully saturated rings. The number of hydrogen-bond acceptors (Lipinski definition) is 3. The Labute approximate surface area is 117 Å². The number of fused-ring (bicyclic) bond motifs is 2. The van der Waals surface area contributed by atoms with Crippen LogP contribution in [-0.2, 0) is 13.0 Å². The molecular weight excluding hydrogens is 248 g/mol. The molecule has 3 aromatic rings. The van der Waals surface area contributed by atoms with Crippen LogP contribution in [0.1, 0.15) is 17.7 Å². The average molecular weight is 264 g/mol. The van der Waals surface area contributed by atoms with Gasteiger partial charge in [0.15, 0.2) is 5.58 Å². The Morgan fingerprint density at radius 1 is 1.05 bits per heavy atom. The fourth-order valence-corrected chi connectivity index (χ4v) is 3.01. The summed E-state index contributed by atoms with van der Waals surface area (Å²) in [5, 5.41) is 5.37. The third kappa shape index (κ3) is 1.86. The van der Waals surface area contributed by atoms with Gasteiger partial charge in [0.05, 0.1) is 6.54 Å². The lowest BCUT2D eigenvalue weighted by Gasteiger charge is -2.30. The first-order valence-electron chi connectivity index (χ1n) is 7.08. The lowest BCUT2D eigenvalue weighted by molar-refractivity contribution is 0.444. The summed E-state index contributed by atoms with van der Waals surface area (Å²) in [7, 11) is 0. The molecule has 0 spiro atoms.